The normalized spacial score (nSPS) is 18.5. The van der Waals surface area contributed by atoms with Crippen LogP contribution in [0, 0.1) is 0 Å². The molecular formula is C15H15Cl2N3O. The average molecular weight is 324 g/mol. The van der Waals surface area contributed by atoms with Crippen molar-refractivity contribution in [2.75, 3.05) is 25.0 Å². The lowest BCUT2D eigenvalue weighted by Crippen LogP contribution is -2.33. The number of benzene rings is 1. The van der Waals surface area contributed by atoms with E-state index in [1.54, 1.807) is 12.3 Å². The first kappa shape index (κ1) is 14.6. The zero-order valence-electron chi connectivity index (χ0n) is 11.3. The van der Waals surface area contributed by atoms with Gasteiger partial charge in [0.05, 0.1) is 22.8 Å². The number of aromatic nitrogens is 1. The minimum atomic E-state index is 0.0218. The quantitative estimate of drug-likeness (QED) is 0.902. The van der Waals surface area contributed by atoms with E-state index in [2.05, 4.69) is 15.6 Å². The molecule has 1 saturated heterocycles. The van der Waals surface area contributed by atoms with Crippen molar-refractivity contribution >= 4 is 34.7 Å². The van der Waals surface area contributed by atoms with Crippen molar-refractivity contribution in [3.8, 4) is 0 Å². The highest BCUT2D eigenvalue weighted by atomic mass is 35.5. The maximum atomic E-state index is 6.16. The number of rotatable bonds is 3. The van der Waals surface area contributed by atoms with Crippen molar-refractivity contribution in [3.05, 3.63) is 52.1 Å². The molecule has 4 nitrogen and oxygen atoms in total. The summed E-state index contributed by atoms with van der Waals surface area (Å²) in [6.45, 7) is 2.39. The van der Waals surface area contributed by atoms with E-state index >= 15 is 0 Å². The third-order valence-electron chi connectivity index (χ3n) is 3.30. The van der Waals surface area contributed by atoms with Gasteiger partial charge in [-0.2, -0.15) is 0 Å². The van der Waals surface area contributed by atoms with Gasteiger partial charge < -0.3 is 15.4 Å². The van der Waals surface area contributed by atoms with Crippen LogP contribution in [0.3, 0.4) is 0 Å². The zero-order chi connectivity index (χ0) is 14.7. The van der Waals surface area contributed by atoms with Crippen LogP contribution in [0.25, 0.3) is 0 Å². The monoisotopic (exact) mass is 323 g/mol. The third kappa shape index (κ3) is 3.47. The van der Waals surface area contributed by atoms with Gasteiger partial charge >= 0.3 is 0 Å². The molecule has 0 amide bonds. The number of hydrogen-bond donors (Lipinski definition) is 2. The van der Waals surface area contributed by atoms with Gasteiger partial charge in [0.25, 0.3) is 0 Å². The predicted molar refractivity (Wildman–Crippen MR) is 85.5 cm³/mol. The molecule has 21 heavy (non-hydrogen) atoms. The number of hydrogen-bond acceptors (Lipinski definition) is 4. The first-order valence-electron chi connectivity index (χ1n) is 6.73. The number of anilines is 2. The van der Waals surface area contributed by atoms with E-state index in [9.17, 15) is 0 Å². The molecule has 0 unspecified atom stereocenters. The molecule has 0 saturated carbocycles. The lowest BCUT2D eigenvalue weighted by atomic mass is 10.1. The van der Waals surface area contributed by atoms with Crippen molar-refractivity contribution in [1.82, 2.24) is 10.3 Å². The smallest absolute Gasteiger partial charge is 0.149 e. The van der Waals surface area contributed by atoms with E-state index in [0.29, 0.717) is 22.5 Å². The first-order chi connectivity index (χ1) is 10.2. The van der Waals surface area contributed by atoms with Gasteiger partial charge in [-0.15, -0.1) is 0 Å². The van der Waals surface area contributed by atoms with Gasteiger partial charge in [0, 0.05) is 30.5 Å². The molecule has 2 aromatic rings. The van der Waals surface area contributed by atoms with Crippen LogP contribution in [0.1, 0.15) is 11.7 Å². The Hall–Kier alpha value is -1.33. The molecule has 1 aliphatic rings. The summed E-state index contributed by atoms with van der Waals surface area (Å²) in [7, 11) is 0. The Morgan fingerprint density at radius 1 is 1.29 bits per heavy atom. The van der Waals surface area contributed by atoms with Crippen LogP contribution in [-0.4, -0.2) is 24.7 Å². The highest BCUT2D eigenvalue weighted by molar-refractivity contribution is 6.36. The number of pyridine rings is 1. The van der Waals surface area contributed by atoms with Crippen molar-refractivity contribution in [1.29, 1.82) is 0 Å². The summed E-state index contributed by atoms with van der Waals surface area (Å²) in [5, 5.41) is 7.59. The largest absolute Gasteiger partial charge is 0.371 e. The van der Waals surface area contributed by atoms with Gasteiger partial charge in [0.1, 0.15) is 5.82 Å². The number of ether oxygens (including phenoxy) is 1. The topological polar surface area (TPSA) is 46.2 Å². The molecule has 3 rings (SSSR count). The molecule has 1 aromatic carbocycles. The molecular weight excluding hydrogens is 309 g/mol. The lowest BCUT2D eigenvalue weighted by Gasteiger charge is -2.26. The summed E-state index contributed by atoms with van der Waals surface area (Å²) in [5.74, 6) is 0.581. The second-order valence-electron chi connectivity index (χ2n) is 4.76. The fourth-order valence-corrected chi connectivity index (χ4v) is 2.72. The van der Waals surface area contributed by atoms with Crippen LogP contribution in [0.2, 0.25) is 10.0 Å². The Labute approximate surface area is 133 Å². The second kappa shape index (κ2) is 6.62. The van der Waals surface area contributed by atoms with Crippen LogP contribution in [0.15, 0.2) is 36.5 Å². The Bertz CT molecular complexity index is 630. The maximum absolute atomic E-state index is 6.16. The van der Waals surface area contributed by atoms with Crippen molar-refractivity contribution < 1.29 is 4.74 Å². The summed E-state index contributed by atoms with van der Waals surface area (Å²) in [5.41, 5.74) is 2.01. The summed E-state index contributed by atoms with van der Waals surface area (Å²) < 4.78 is 5.81. The molecule has 0 bridgehead atoms. The minimum Gasteiger partial charge on any atom is -0.371 e. The highest BCUT2D eigenvalue weighted by Crippen LogP contribution is 2.31. The van der Waals surface area contributed by atoms with E-state index in [1.165, 1.54) is 0 Å². The fourth-order valence-electron chi connectivity index (χ4n) is 2.29. The number of nitrogens with zero attached hydrogens (tertiary/aromatic N) is 1. The molecule has 1 atom stereocenters. The molecule has 2 heterocycles. The molecule has 0 radical (unpaired) electrons. The maximum Gasteiger partial charge on any atom is 0.149 e. The lowest BCUT2D eigenvalue weighted by molar-refractivity contribution is 0.0281. The van der Waals surface area contributed by atoms with Crippen LogP contribution in [-0.2, 0) is 4.74 Å². The first-order valence-corrected chi connectivity index (χ1v) is 7.49. The van der Waals surface area contributed by atoms with E-state index < -0.39 is 0 Å². The second-order valence-corrected chi connectivity index (χ2v) is 5.60. The summed E-state index contributed by atoms with van der Waals surface area (Å²) in [6, 6.07) is 9.66. The summed E-state index contributed by atoms with van der Waals surface area (Å²) >= 11 is 12.0. The molecule has 2 N–H and O–H groups in total. The molecule has 1 aromatic heterocycles. The molecule has 0 aliphatic carbocycles. The van der Waals surface area contributed by atoms with Crippen LogP contribution in [0.5, 0.6) is 0 Å². The van der Waals surface area contributed by atoms with Gasteiger partial charge in [-0.3, -0.25) is 0 Å². The van der Waals surface area contributed by atoms with Gasteiger partial charge in [-0.05, 0) is 12.1 Å². The predicted octanol–water partition coefficient (Wildman–Crippen LogP) is 3.79. The Morgan fingerprint density at radius 3 is 2.90 bits per heavy atom. The van der Waals surface area contributed by atoms with Crippen molar-refractivity contribution in [2.24, 2.45) is 0 Å². The van der Waals surface area contributed by atoms with Gasteiger partial charge in [0.15, 0.2) is 0 Å². The minimum absolute atomic E-state index is 0.0218. The number of nitrogens with one attached hydrogen (secondary N) is 2. The number of halogens is 2. The number of morpholine rings is 1. The van der Waals surface area contributed by atoms with Crippen LogP contribution < -0.4 is 10.6 Å². The van der Waals surface area contributed by atoms with E-state index in [4.69, 9.17) is 27.9 Å². The zero-order valence-corrected chi connectivity index (χ0v) is 12.8. The van der Waals surface area contributed by atoms with Gasteiger partial charge in [0.2, 0.25) is 0 Å². The summed E-state index contributed by atoms with van der Waals surface area (Å²) in [4.78, 5) is 4.23. The standard InChI is InChI=1S/C15H15Cl2N3O/c16-10-7-12(17)15(19-8-10)20-13-4-2-1-3-11(13)14-9-18-5-6-21-14/h1-4,7-8,14,18H,5-6,9H2,(H,19,20)/t14-/m1/s1. The third-order valence-corrected chi connectivity index (χ3v) is 3.79. The molecule has 110 valence electrons. The van der Waals surface area contributed by atoms with E-state index in [0.717, 1.165) is 24.3 Å². The SMILES string of the molecule is Clc1cnc(Nc2ccccc2[C@H]2CNCCO2)c(Cl)c1. The average Bonchev–Trinajstić information content (AvgIpc) is 2.51. The van der Waals surface area contributed by atoms with Gasteiger partial charge in [-0.1, -0.05) is 41.4 Å². The Balaban J connectivity index is 1.88. The molecule has 0 spiro atoms. The number of para-hydroxylation sites is 1. The molecule has 1 fully saturated rings. The Morgan fingerprint density at radius 2 is 2.14 bits per heavy atom. The summed E-state index contributed by atoms with van der Waals surface area (Å²) in [6.07, 6.45) is 1.59. The van der Waals surface area contributed by atoms with Crippen LogP contribution in [0.4, 0.5) is 11.5 Å². The van der Waals surface area contributed by atoms with E-state index in [-0.39, 0.29) is 6.10 Å². The van der Waals surface area contributed by atoms with E-state index in [1.807, 2.05) is 24.3 Å². The highest BCUT2D eigenvalue weighted by Gasteiger charge is 2.19. The molecule has 1 aliphatic heterocycles. The van der Waals surface area contributed by atoms with Crippen molar-refractivity contribution in [2.45, 2.75) is 6.10 Å². The molecule has 6 heteroatoms. The Kier molecular flexibility index (Phi) is 4.60. The fraction of sp³-hybridized carbons (Fsp3) is 0.267. The van der Waals surface area contributed by atoms with Crippen molar-refractivity contribution in [3.63, 3.8) is 0 Å². The van der Waals surface area contributed by atoms with Gasteiger partial charge in [-0.25, -0.2) is 4.98 Å². The van der Waals surface area contributed by atoms with Crippen LogP contribution >= 0.6 is 23.2 Å².